The van der Waals surface area contributed by atoms with Crippen molar-refractivity contribution in [2.24, 2.45) is 0 Å². The van der Waals surface area contributed by atoms with Crippen molar-refractivity contribution in [1.82, 2.24) is 5.32 Å². The Hall–Kier alpha value is -3.63. The quantitative estimate of drug-likeness (QED) is 0.352. The smallest absolute Gasteiger partial charge is 0.337 e. The summed E-state index contributed by atoms with van der Waals surface area (Å²) >= 11 is 0. The van der Waals surface area contributed by atoms with Gasteiger partial charge in [0.05, 0.1) is 12.7 Å². The zero-order valence-electron chi connectivity index (χ0n) is 19.5. The molecule has 0 saturated heterocycles. The van der Waals surface area contributed by atoms with Crippen LogP contribution in [0.3, 0.4) is 0 Å². The number of nitrogens with one attached hydrogen (secondary N) is 1. The van der Waals surface area contributed by atoms with Crippen LogP contribution in [0.1, 0.15) is 52.4 Å². The zero-order valence-corrected chi connectivity index (χ0v) is 19.5. The van der Waals surface area contributed by atoms with Crippen LogP contribution in [0.25, 0.3) is 10.8 Å². The van der Waals surface area contributed by atoms with Crippen molar-refractivity contribution in [3.05, 3.63) is 113 Å². The Balaban J connectivity index is 1.35. The Bertz CT molecular complexity index is 1290. The number of para-hydroxylation sites is 1. The largest absolute Gasteiger partial charge is 0.489 e. The molecule has 4 nitrogen and oxygen atoms in total. The molecule has 34 heavy (non-hydrogen) atoms. The third-order valence-corrected chi connectivity index (χ3v) is 6.76. The van der Waals surface area contributed by atoms with Gasteiger partial charge < -0.3 is 14.8 Å². The zero-order chi connectivity index (χ0) is 23.5. The van der Waals surface area contributed by atoms with Crippen LogP contribution in [0, 0.1) is 0 Å². The normalized spacial score (nSPS) is 18.1. The fourth-order valence-electron chi connectivity index (χ4n) is 4.95. The van der Waals surface area contributed by atoms with Crippen molar-refractivity contribution < 1.29 is 14.3 Å². The monoisotopic (exact) mass is 451 g/mol. The molecule has 0 spiro atoms. The predicted octanol–water partition coefficient (Wildman–Crippen LogP) is 6.26. The molecule has 0 amide bonds. The van der Waals surface area contributed by atoms with Crippen LogP contribution in [-0.2, 0) is 4.74 Å². The van der Waals surface area contributed by atoms with E-state index in [1.807, 2.05) is 36.4 Å². The van der Waals surface area contributed by atoms with Crippen molar-refractivity contribution in [1.29, 1.82) is 0 Å². The molecule has 0 saturated carbocycles. The first kappa shape index (κ1) is 22.2. The summed E-state index contributed by atoms with van der Waals surface area (Å²) in [5, 5.41) is 6.25. The van der Waals surface area contributed by atoms with Gasteiger partial charge in [0.2, 0.25) is 0 Å². The number of ether oxygens (including phenoxy) is 2. The second kappa shape index (κ2) is 9.70. The van der Waals surface area contributed by atoms with Gasteiger partial charge in [-0.25, -0.2) is 4.79 Å². The van der Waals surface area contributed by atoms with Crippen LogP contribution in [0.5, 0.6) is 5.75 Å². The summed E-state index contributed by atoms with van der Waals surface area (Å²) in [5.41, 5.74) is 4.22. The van der Waals surface area contributed by atoms with Crippen LogP contribution in [0.15, 0.2) is 91.0 Å². The Morgan fingerprint density at radius 1 is 0.971 bits per heavy atom. The molecule has 0 fully saturated rings. The van der Waals surface area contributed by atoms with Gasteiger partial charge in [0.15, 0.2) is 0 Å². The van der Waals surface area contributed by atoms with Crippen molar-refractivity contribution in [2.75, 3.05) is 13.7 Å². The molecule has 172 valence electrons. The number of rotatable bonds is 6. The van der Waals surface area contributed by atoms with E-state index in [2.05, 4.69) is 66.8 Å². The molecule has 1 aliphatic heterocycles. The van der Waals surface area contributed by atoms with Crippen molar-refractivity contribution in [3.8, 4) is 5.75 Å². The molecule has 1 heterocycles. The molecule has 4 aromatic carbocycles. The number of benzene rings is 4. The molecule has 1 N–H and O–H groups in total. The molecule has 0 radical (unpaired) electrons. The third-order valence-electron chi connectivity index (χ3n) is 6.76. The lowest BCUT2D eigenvalue weighted by molar-refractivity contribution is 0.0600. The molecule has 0 aliphatic carbocycles. The lowest BCUT2D eigenvalue weighted by Gasteiger charge is -2.33. The van der Waals surface area contributed by atoms with Crippen LogP contribution in [-0.4, -0.2) is 25.7 Å². The second-order valence-electron chi connectivity index (χ2n) is 8.88. The molecule has 0 bridgehead atoms. The summed E-state index contributed by atoms with van der Waals surface area (Å²) in [6.45, 7) is 2.96. The first-order valence-electron chi connectivity index (χ1n) is 11.8. The Kier molecular flexibility index (Phi) is 6.33. The summed E-state index contributed by atoms with van der Waals surface area (Å²) in [7, 11) is 1.40. The van der Waals surface area contributed by atoms with E-state index in [9.17, 15) is 4.79 Å². The molecule has 2 unspecified atom stereocenters. The number of fused-ring (bicyclic) bond motifs is 2. The van der Waals surface area contributed by atoms with Crippen LogP contribution < -0.4 is 10.1 Å². The Labute approximate surface area is 200 Å². The molecule has 1 aliphatic rings. The third kappa shape index (κ3) is 4.42. The van der Waals surface area contributed by atoms with E-state index in [0.29, 0.717) is 5.56 Å². The number of hydrogen-bond acceptors (Lipinski definition) is 4. The van der Waals surface area contributed by atoms with Crippen molar-refractivity contribution in [3.63, 3.8) is 0 Å². The fourth-order valence-corrected chi connectivity index (χ4v) is 4.95. The maximum absolute atomic E-state index is 11.8. The highest BCUT2D eigenvalue weighted by molar-refractivity contribution is 5.89. The molecular weight excluding hydrogens is 422 g/mol. The van der Waals surface area contributed by atoms with E-state index < -0.39 is 0 Å². The molecule has 3 atom stereocenters. The van der Waals surface area contributed by atoms with E-state index in [1.54, 1.807) is 0 Å². The maximum atomic E-state index is 11.8. The number of esters is 1. The first-order valence-corrected chi connectivity index (χ1v) is 11.8. The van der Waals surface area contributed by atoms with E-state index in [1.165, 1.54) is 34.6 Å². The summed E-state index contributed by atoms with van der Waals surface area (Å²) in [5.74, 6) is 0.820. The fraction of sp³-hybridized carbons (Fsp3) is 0.233. The average Bonchev–Trinajstić information content (AvgIpc) is 2.90. The highest BCUT2D eigenvalue weighted by atomic mass is 16.5. The second-order valence-corrected chi connectivity index (χ2v) is 8.88. The minimum atomic E-state index is -0.316. The highest BCUT2D eigenvalue weighted by Crippen LogP contribution is 2.40. The summed E-state index contributed by atoms with van der Waals surface area (Å²) < 4.78 is 11.2. The minimum absolute atomic E-state index is 0.0395. The van der Waals surface area contributed by atoms with Gasteiger partial charge in [-0.2, -0.15) is 0 Å². The number of carbonyl (C=O) groups is 1. The SMILES string of the molecule is COC(=O)c1ccc(C2CC(CN[C@H](C)c3cccc4ccccc34)Oc3ccccc32)cc1. The molecule has 4 aromatic rings. The van der Waals surface area contributed by atoms with Crippen molar-refractivity contribution >= 4 is 16.7 Å². The van der Waals surface area contributed by atoms with E-state index >= 15 is 0 Å². The first-order chi connectivity index (χ1) is 16.6. The number of carbonyl (C=O) groups excluding carboxylic acids is 1. The van der Waals surface area contributed by atoms with Gasteiger partial charge in [0, 0.05) is 24.1 Å². The Morgan fingerprint density at radius 3 is 2.53 bits per heavy atom. The lowest BCUT2D eigenvalue weighted by Crippen LogP contribution is -2.37. The molecule has 4 heteroatoms. The van der Waals surface area contributed by atoms with Crippen LogP contribution in [0.2, 0.25) is 0 Å². The molecule has 5 rings (SSSR count). The Morgan fingerprint density at radius 2 is 1.71 bits per heavy atom. The van der Waals surface area contributed by atoms with Gasteiger partial charge in [-0.05, 0) is 53.4 Å². The van der Waals surface area contributed by atoms with E-state index in [-0.39, 0.29) is 24.0 Å². The number of methoxy groups -OCH3 is 1. The minimum Gasteiger partial charge on any atom is -0.489 e. The number of hydrogen-bond donors (Lipinski definition) is 1. The predicted molar refractivity (Wildman–Crippen MR) is 135 cm³/mol. The van der Waals surface area contributed by atoms with Crippen molar-refractivity contribution in [2.45, 2.75) is 31.4 Å². The highest BCUT2D eigenvalue weighted by Gasteiger charge is 2.29. The summed E-state index contributed by atoms with van der Waals surface area (Å²) in [6, 6.07) is 31.2. The van der Waals surface area contributed by atoms with Gasteiger partial charge in [-0.3, -0.25) is 0 Å². The standard InChI is InChI=1S/C30H29NO3/c1-20(25-12-7-9-21-8-3-4-10-26(21)25)31-19-24-18-28(27-11-5-6-13-29(27)34-24)22-14-16-23(17-15-22)30(32)33-2/h3-17,20,24,28,31H,18-19H2,1-2H3/t20-,24?,28?/m1/s1. The van der Waals surface area contributed by atoms with Gasteiger partial charge in [-0.1, -0.05) is 72.8 Å². The molecular formula is C30H29NO3. The lowest BCUT2D eigenvalue weighted by atomic mass is 9.84. The van der Waals surface area contributed by atoms with Gasteiger partial charge in [0.25, 0.3) is 0 Å². The maximum Gasteiger partial charge on any atom is 0.337 e. The van der Waals surface area contributed by atoms with Gasteiger partial charge in [0.1, 0.15) is 11.9 Å². The van der Waals surface area contributed by atoms with E-state index in [0.717, 1.165) is 18.7 Å². The molecule has 0 aromatic heterocycles. The van der Waals surface area contributed by atoms with Crippen LogP contribution in [0.4, 0.5) is 0 Å². The van der Waals surface area contributed by atoms with Crippen LogP contribution >= 0.6 is 0 Å². The topological polar surface area (TPSA) is 47.6 Å². The summed E-state index contributed by atoms with van der Waals surface area (Å²) in [4.78, 5) is 11.8. The van der Waals surface area contributed by atoms with Gasteiger partial charge in [-0.15, -0.1) is 0 Å². The average molecular weight is 452 g/mol. The van der Waals surface area contributed by atoms with Gasteiger partial charge >= 0.3 is 5.97 Å². The summed E-state index contributed by atoms with van der Waals surface area (Å²) in [6.07, 6.45) is 0.904. The van der Waals surface area contributed by atoms with E-state index in [4.69, 9.17) is 9.47 Å².